The number of ether oxygens (including phenoxy) is 1. The van der Waals surface area contributed by atoms with Crippen LogP contribution in [0.3, 0.4) is 0 Å². The molecule has 2 N–H and O–H groups in total. The molecule has 0 aliphatic rings. The average Bonchev–Trinajstić information content (AvgIpc) is 3.20. The molecule has 150 valence electrons. The van der Waals surface area contributed by atoms with Crippen molar-refractivity contribution in [1.82, 2.24) is 25.2 Å². The van der Waals surface area contributed by atoms with Crippen LogP contribution in [0.15, 0.2) is 42.0 Å². The second-order valence-corrected chi connectivity index (χ2v) is 5.93. The SMILES string of the molecule is CCCCOCCCNC(=NCc1ccnc(-n2ccnc2)c1)NCC.I. The maximum absolute atomic E-state index is 5.58. The van der Waals surface area contributed by atoms with E-state index in [9.17, 15) is 0 Å². The Balaban J connectivity index is 0.00000364. The number of aliphatic imine (C=N–C) groups is 1. The van der Waals surface area contributed by atoms with Gasteiger partial charge in [0, 0.05) is 44.9 Å². The number of nitrogens with zero attached hydrogens (tertiary/aromatic N) is 4. The molecule has 0 bridgehead atoms. The van der Waals surface area contributed by atoms with E-state index in [-0.39, 0.29) is 24.0 Å². The molecule has 8 heteroatoms. The van der Waals surface area contributed by atoms with E-state index in [1.807, 2.05) is 22.9 Å². The smallest absolute Gasteiger partial charge is 0.191 e. The standard InChI is InChI=1S/C19H30N6O.HI/c1-3-5-12-26-13-6-8-23-19(21-4-2)24-15-17-7-9-22-18(14-17)25-11-10-20-16-25;/h7,9-11,14,16H,3-6,8,12-13,15H2,1-2H3,(H2,21,23,24);1H. The van der Waals surface area contributed by atoms with Gasteiger partial charge in [-0.05, 0) is 37.5 Å². The molecule has 27 heavy (non-hydrogen) atoms. The van der Waals surface area contributed by atoms with Gasteiger partial charge in [-0.1, -0.05) is 13.3 Å². The summed E-state index contributed by atoms with van der Waals surface area (Å²) in [5.74, 6) is 1.67. The van der Waals surface area contributed by atoms with Crippen LogP contribution in [0.5, 0.6) is 0 Å². The molecular formula is C19H31IN6O. The zero-order chi connectivity index (χ0) is 18.5. The molecule has 0 unspecified atom stereocenters. The van der Waals surface area contributed by atoms with E-state index < -0.39 is 0 Å². The van der Waals surface area contributed by atoms with E-state index in [1.54, 1.807) is 18.7 Å². The normalized spacial score (nSPS) is 11.1. The number of nitrogens with one attached hydrogen (secondary N) is 2. The summed E-state index contributed by atoms with van der Waals surface area (Å²) in [7, 11) is 0. The average molecular weight is 486 g/mol. The third-order valence-corrected chi connectivity index (χ3v) is 3.74. The Bertz CT molecular complexity index is 647. The lowest BCUT2D eigenvalue weighted by atomic mass is 10.2. The molecule has 0 saturated heterocycles. The van der Waals surface area contributed by atoms with Crippen LogP contribution in [0.25, 0.3) is 5.82 Å². The van der Waals surface area contributed by atoms with Gasteiger partial charge in [-0.3, -0.25) is 4.57 Å². The number of imidazole rings is 1. The molecule has 0 aromatic carbocycles. The summed E-state index contributed by atoms with van der Waals surface area (Å²) >= 11 is 0. The maximum atomic E-state index is 5.58. The molecule has 0 fully saturated rings. The molecule has 2 aromatic heterocycles. The third-order valence-electron chi connectivity index (χ3n) is 3.74. The Hall–Kier alpha value is -1.68. The molecule has 0 radical (unpaired) electrons. The quantitative estimate of drug-likeness (QED) is 0.221. The second kappa shape index (κ2) is 14.4. The topological polar surface area (TPSA) is 76.4 Å². The zero-order valence-electron chi connectivity index (χ0n) is 16.2. The zero-order valence-corrected chi connectivity index (χ0v) is 18.6. The Labute approximate surface area is 179 Å². The van der Waals surface area contributed by atoms with E-state index >= 15 is 0 Å². The van der Waals surface area contributed by atoms with Crippen molar-refractivity contribution >= 4 is 29.9 Å². The van der Waals surface area contributed by atoms with Crippen molar-refractivity contribution < 1.29 is 4.74 Å². The molecule has 0 atom stereocenters. The fourth-order valence-corrected chi connectivity index (χ4v) is 2.34. The summed E-state index contributed by atoms with van der Waals surface area (Å²) in [4.78, 5) is 13.1. The second-order valence-electron chi connectivity index (χ2n) is 5.93. The van der Waals surface area contributed by atoms with Crippen LogP contribution >= 0.6 is 24.0 Å². The monoisotopic (exact) mass is 486 g/mol. The fraction of sp³-hybridized carbons (Fsp3) is 0.526. The maximum Gasteiger partial charge on any atom is 0.191 e. The van der Waals surface area contributed by atoms with Crippen molar-refractivity contribution in [2.45, 2.75) is 39.7 Å². The van der Waals surface area contributed by atoms with Gasteiger partial charge in [-0.15, -0.1) is 24.0 Å². The number of guanidine groups is 1. The van der Waals surface area contributed by atoms with Crippen LogP contribution in [0.2, 0.25) is 0 Å². The van der Waals surface area contributed by atoms with E-state index in [2.05, 4.69) is 39.4 Å². The summed E-state index contributed by atoms with van der Waals surface area (Å²) in [6.07, 6.45) is 10.4. The van der Waals surface area contributed by atoms with Crippen molar-refractivity contribution in [2.24, 2.45) is 4.99 Å². The van der Waals surface area contributed by atoms with Crippen LogP contribution in [0.1, 0.15) is 38.7 Å². The first-order valence-electron chi connectivity index (χ1n) is 9.36. The van der Waals surface area contributed by atoms with Gasteiger partial charge in [0.25, 0.3) is 0 Å². The summed E-state index contributed by atoms with van der Waals surface area (Å²) in [5, 5.41) is 6.63. The minimum absolute atomic E-state index is 0. The molecule has 0 saturated carbocycles. The molecule has 2 aromatic rings. The molecule has 0 spiro atoms. The Kier molecular flexibility index (Phi) is 12.4. The number of halogens is 1. The first-order chi connectivity index (χ1) is 12.8. The molecule has 0 aliphatic heterocycles. The van der Waals surface area contributed by atoms with Gasteiger partial charge in [0.05, 0.1) is 6.54 Å². The predicted octanol–water partition coefficient (Wildman–Crippen LogP) is 3.15. The van der Waals surface area contributed by atoms with Gasteiger partial charge >= 0.3 is 0 Å². The number of unbranched alkanes of at least 4 members (excludes halogenated alkanes) is 1. The van der Waals surface area contributed by atoms with Crippen LogP contribution in [-0.4, -0.2) is 46.8 Å². The van der Waals surface area contributed by atoms with Crippen molar-refractivity contribution in [1.29, 1.82) is 0 Å². The van der Waals surface area contributed by atoms with Gasteiger partial charge in [0.15, 0.2) is 5.96 Å². The number of aromatic nitrogens is 3. The highest BCUT2D eigenvalue weighted by atomic mass is 127. The van der Waals surface area contributed by atoms with Crippen LogP contribution in [0.4, 0.5) is 0 Å². The molecular weight excluding hydrogens is 455 g/mol. The molecule has 0 amide bonds. The van der Waals surface area contributed by atoms with Gasteiger partial charge in [-0.2, -0.15) is 0 Å². The number of rotatable bonds is 11. The van der Waals surface area contributed by atoms with Crippen molar-refractivity contribution in [3.63, 3.8) is 0 Å². The summed E-state index contributed by atoms with van der Waals surface area (Å²) in [6.45, 7) is 8.13. The highest BCUT2D eigenvalue weighted by molar-refractivity contribution is 14.0. The van der Waals surface area contributed by atoms with E-state index in [0.717, 1.165) is 56.5 Å². The molecule has 7 nitrogen and oxygen atoms in total. The highest BCUT2D eigenvalue weighted by Gasteiger charge is 2.01. The summed E-state index contributed by atoms with van der Waals surface area (Å²) in [5.41, 5.74) is 1.10. The summed E-state index contributed by atoms with van der Waals surface area (Å²) in [6, 6.07) is 4.01. The van der Waals surface area contributed by atoms with E-state index in [4.69, 9.17) is 4.74 Å². The fourth-order valence-electron chi connectivity index (χ4n) is 2.34. The van der Waals surface area contributed by atoms with Crippen molar-refractivity contribution in [3.05, 3.63) is 42.6 Å². The highest BCUT2D eigenvalue weighted by Crippen LogP contribution is 2.07. The lowest BCUT2D eigenvalue weighted by molar-refractivity contribution is 0.129. The van der Waals surface area contributed by atoms with Gasteiger partial charge < -0.3 is 15.4 Å². The first kappa shape index (κ1) is 23.4. The Morgan fingerprint density at radius 1 is 1.19 bits per heavy atom. The largest absolute Gasteiger partial charge is 0.381 e. The molecule has 2 heterocycles. The van der Waals surface area contributed by atoms with Gasteiger partial charge in [0.2, 0.25) is 0 Å². The molecule has 0 aliphatic carbocycles. The Morgan fingerprint density at radius 2 is 2.04 bits per heavy atom. The van der Waals surface area contributed by atoms with E-state index in [1.165, 1.54) is 6.42 Å². The minimum atomic E-state index is 0. The van der Waals surface area contributed by atoms with Gasteiger partial charge in [0.1, 0.15) is 12.1 Å². The predicted molar refractivity (Wildman–Crippen MR) is 120 cm³/mol. The number of hydrogen-bond donors (Lipinski definition) is 2. The van der Waals surface area contributed by atoms with Gasteiger partial charge in [-0.25, -0.2) is 15.0 Å². The third kappa shape index (κ3) is 9.18. The minimum Gasteiger partial charge on any atom is -0.381 e. The lowest BCUT2D eigenvalue weighted by Gasteiger charge is -2.11. The molecule has 2 rings (SSSR count). The van der Waals surface area contributed by atoms with Crippen LogP contribution < -0.4 is 10.6 Å². The van der Waals surface area contributed by atoms with Crippen LogP contribution in [-0.2, 0) is 11.3 Å². The number of hydrogen-bond acceptors (Lipinski definition) is 4. The first-order valence-corrected chi connectivity index (χ1v) is 9.36. The van der Waals surface area contributed by atoms with E-state index in [0.29, 0.717) is 6.54 Å². The summed E-state index contributed by atoms with van der Waals surface area (Å²) < 4.78 is 7.46. The van der Waals surface area contributed by atoms with Crippen molar-refractivity contribution in [3.8, 4) is 5.82 Å². The number of pyridine rings is 1. The van der Waals surface area contributed by atoms with Crippen molar-refractivity contribution in [2.75, 3.05) is 26.3 Å². The van der Waals surface area contributed by atoms with Crippen LogP contribution in [0, 0.1) is 0 Å². The lowest BCUT2D eigenvalue weighted by Crippen LogP contribution is -2.38. The Morgan fingerprint density at radius 3 is 2.78 bits per heavy atom.